The number of nitro benzene ring substituents is 1. The van der Waals surface area contributed by atoms with Gasteiger partial charge in [-0.1, -0.05) is 37.3 Å². The number of benzene rings is 2. The lowest BCUT2D eigenvalue weighted by Gasteiger charge is -2.08. The number of nitrogens with zero attached hydrogens (tertiary/aromatic N) is 1. The fourth-order valence-corrected chi connectivity index (χ4v) is 1.92. The lowest BCUT2D eigenvalue weighted by atomic mass is 10.1. The Balaban J connectivity index is 2.16. The summed E-state index contributed by atoms with van der Waals surface area (Å²) in [5.41, 5.74) is 1.83. The zero-order chi connectivity index (χ0) is 14.5. The first-order valence-corrected chi connectivity index (χ1v) is 6.36. The Morgan fingerprint density at radius 2 is 1.80 bits per heavy atom. The van der Waals surface area contributed by atoms with Gasteiger partial charge in [0.2, 0.25) is 0 Å². The number of rotatable bonds is 5. The third kappa shape index (κ3) is 3.12. The minimum absolute atomic E-state index is 0.0722. The average Bonchev–Trinajstić information content (AvgIpc) is 2.46. The van der Waals surface area contributed by atoms with Gasteiger partial charge in [-0.2, -0.15) is 0 Å². The van der Waals surface area contributed by atoms with Gasteiger partial charge in [-0.05, 0) is 23.6 Å². The maximum atomic E-state index is 13.7. The van der Waals surface area contributed by atoms with Crippen LogP contribution < -0.4 is 5.32 Å². The number of nitro groups is 1. The third-order valence-corrected chi connectivity index (χ3v) is 3.09. The highest BCUT2D eigenvalue weighted by Crippen LogP contribution is 2.27. The molecule has 0 heterocycles. The second-order valence-corrected chi connectivity index (χ2v) is 4.41. The second-order valence-electron chi connectivity index (χ2n) is 4.41. The van der Waals surface area contributed by atoms with Crippen LogP contribution in [0.4, 0.5) is 15.8 Å². The van der Waals surface area contributed by atoms with Crippen LogP contribution in [0.3, 0.4) is 0 Å². The summed E-state index contributed by atoms with van der Waals surface area (Å²) in [5.74, 6) is -0.621. The summed E-state index contributed by atoms with van der Waals surface area (Å²) in [4.78, 5) is 10.3. The van der Waals surface area contributed by atoms with E-state index in [4.69, 9.17) is 0 Å². The number of para-hydroxylation sites is 1. The molecule has 20 heavy (non-hydrogen) atoms. The lowest BCUT2D eigenvalue weighted by molar-refractivity contribution is -0.384. The van der Waals surface area contributed by atoms with E-state index in [1.165, 1.54) is 23.8 Å². The topological polar surface area (TPSA) is 55.2 Å². The highest BCUT2D eigenvalue weighted by molar-refractivity contribution is 5.62. The fourth-order valence-electron chi connectivity index (χ4n) is 1.92. The number of halogens is 1. The van der Waals surface area contributed by atoms with E-state index in [1.54, 1.807) is 0 Å². The van der Waals surface area contributed by atoms with Gasteiger partial charge in [0.1, 0.15) is 5.69 Å². The first kappa shape index (κ1) is 14.0. The molecule has 0 saturated carbocycles. The number of nitrogens with one attached hydrogen (secondary N) is 1. The predicted octanol–water partition coefficient (Wildman–Crippen LogP) is 3.91. The van der Waals surface area contributed by atoms with Crippen LogP contribution in [0.25, 0.3) is 0 Å². The van der Waals surface area contributed by atoms with E-state index in [0.29, 0.717) is 6.54 Å². The Morgan fingerprint density at radius 3 is 2.40 bits per heavy atom. The highest BCUT2D eigenvalue weighted by Gasteiger charge is 2.17. The number of anilines is 1. The third-order valence-electron chi connectivity index (χ3n) is 3.09. The summed E-state index contributed by atoms with van der Waals surface area (Å²) >= 11 is 0. The van der Waals surface area contributed by atoms with Crippen molar-refractivity contribution in [2.45, 2.75) is 19.9 Å². The Hall–Kier alpha value is -2.43. The minimum atomic E-state index is -0.621. The number of hydrogen-bond donors (Lipinski definition) is 1. The predicted molar refractivity (Wildman–Crippen MR) is 76.2 cm³/mol. The minimum Gasteiger partial charge on any atom is -0.373 e. The van der Waals surface area contributed by atoms with Crippen molar-refractivity contribution in [2.24, 2.45) is 0 Å². The van der Waals surface area contributed by atoms with Crippen LogP contribution in [-0.4, -0.2) is 4.92 Å². The molecule has 0 bridgehead atoms. The summed E-state index contributed by atoms with van der Waals surface area (Å²) < 4.78 is 13.7. The van der Waals surface area contributed by atoms with E-state index in [2.05, 4.69) is 12.2 Å². The molecule has 2 aromatic carbocycles. The average molecular weight is 274 g/mol. The van der Waals surface area contributed by atoms with E-state index in [1.807, 2.05) is 24.3 Å². The Bertz CT molecular complexity index is 612. The van der Waals surface area contributed by atoms with E-state index in [9.17, 15) is 14.5 Å². The van der Waals surface area contributed by atoms with Crippen molar-refractivity contribution >= 4 is 11.4 Å². The molecule has 2 aromatic rings. The molecule has 0 aliphatic heterocycles. The van der Waals surface area contributed by atoms with Gasteiger partial charge in [-0.3, -0.25) is 10.1 Å². The van der Waals surface area contributed by atoms with Gasteiger partial charge >= 0.3 is 0 Å². The molecule has 0 saturated heterocycles. The van der Waals surface area contributed by atoms with Crippen LogP contribution >= 0.6 is 0 Å². The first-order valence-electron chi connectivity index (χ1n) is 6.36. The van der Waals surface area contributed by atoms with Crippen molar-refractivity contribution in [2.75, 3.05) is 5.32 Å². The number of aryl methyl sites for hydroxylation is 1. The van der Waals surface area contributed by atoms with Crippen LogP contribution in [-0.2, 0) is 13.0 Å². The maximum absolute atomic E-state index is 13.7. The second kappa shape index (κ2) is 6.14. The van der Waals surface area contributed by atoms with Crippen LogP contribution in [0.1, 0.15) is 18.1 Å². The van der Waals surface area contributed by atoms with Gasteiger partial charge in [-0.15, -0.1) is 0 Å². The highest BCUT2D eigenvalue weighted by atomic mass is 19.1. The summed E-state index contributed by atoms with van der Waals surface area (Å²) in [6.07, 6.45) is 0.951. The van der Waals surface area contributed by atoms with Crippen molar-refractivity contribution in [3.8, 4) is 0 Å². The molecule has 0 spiro atoms. The van der Waals surface area contributed by atoms with Crippen LogP contribution in [0.15, 0.2) is 42.5 Å². The van der Waals surface area contributed by atoms with Crippen LogP contribution in [0, 0.1) is 15.9 Å². The molecule has 0 aromatic heterocycles. The smallest absolute Gasteiger partial charge is 0.295 e. The SMILES string of the molecule is CCc1ccc(CNc2c(F)cccc2[N+](=O)[O-])cc1. The fraction of sp³-hybridized carbons (Fsp3) is 0.200. The van der Waals surface area contributed by atoms with Gasteiger partial charge in [0, 0.05) is 12.6 Å². The molecule has 1 N–H and O–H groups in total. The summed E-state index contributed by atoms with van der Waals surface area (Å²) in [7, 11) is 0. The van der Waals surface area contributed by atoms with Gasteiger partial charge < -0.3 is 5.32 Å². The Labute approximate surface area is 116 Å². The Morgan fingerprint density at radius 1 is 1.15 bits per heavy atom. The molecule has 104 valence electrons. The standard InChI is InChI=1S/C15H15FN2O2/c1-2-11-6-8-12(9-7-11)10-17-15-13(16)4-3-5-14(15)18(19)20/h3-9,17H,2,10H2,1H3. The zero-order valence-corrected chi connectivity index (χ0v) is 11.1. The molecule has 2 rings (SSSR count). The first-order chi connectivity index (χ1) is 9.61. The zero-order valence-electron chi connectivity index (χ0n) is 11.1. The molecule has 5 heteroatoms. The lowest BCUT2D eigenvalue weighted by Crippen LogP contribution is -2.04. The molecule has 0 radical (unpaired) electrons. The van der Waals surface area contributed by atoms with Crippen molar-refractivity contribution in [3.63, 3.8) is 0 Å². The molecule has 0 aliphatic rings. The van der Waals surface area contributed by atoms with Gasteiger partial charge in [-0.25, -0.2) is 4.39 Å². The van der Waals surface area contributed by atoms with Gasteiger partial charge in [0.25, 0.3) is 5.69 Å². The molecule has 0 fully saturated rings. The quantitative estimate of drug-likeness (QED) is 0.664. The Kier molecular flexibility index (Phi) is 4.30. The van der Waals surface area contributed by atoms with Crippen LogP contribution in [0.2, 0.25) is 0 Å². The van der Waals surface area contributed by atoms with E-state index < -0.39 is 10.7 Å². The van der Waals surface area contributed by atoms with Crippen molar-refractivity contribution < 1.29 is 9.31 Å². The largest absolute Gasteiger partial charge is 0.373 e. The van der Waals surface area contributed by atoms with Crippen molar-refractivity contribution in [1.29, 1.82) is 0 Å². The van der Waals surface area contributed by atoms with Gasteiger partial charge in [0.05, 0.1) is 4.92 Å². The summed E-state index contributed by atoms with van der Waals surface area (Å²) in [6.45, 7) is 2.40. The molecule has 0 aliphatic carbocycles. The number of hydrogen-bond acceptors (Lipinski definition) is 3. The molecular weight excluding hydrogens is 259 g/mol. The molecule has 4 nitrogen and oxygen atoms in total. The summed E-state index contributed by atoms with van der Waals surface area (Å²) in [6, 6.07) is 11.7. The summed E-state index contributed by atoms with van der Waals surface area (Å²) in [5, 5.41) is 13.7. The molecule has 0 amide bonds. The van der Waals surface area contributed by atoms with E-state index in [0.717, 1.165) is 12.0 Å². The van der Waals surface area contributed by atoms with Crippen molar-refractivity contribution in [3.05, 3.63) is 69.5 Å². The van der Waals surface area contributed by atoms with E-state index >= 15 is 0 Å². The van der Waals surface area contributed by atoms with Crippen LogP contribution in [0.5, 0.6) is 0 Å². The van der Waals surface area contributed by atoms with Crippen molar-refractivity contribution in [1.82, 2.24) is 0 Å². The van der Waals surface area contributed by atoms with Gasteiger partial charge in [0.15, 0.2) is 5.82 Å². The molecular formula is C15H15FN2O2. The monoisotopic (exact) mass is 274 g/mol. The molecule has 0 unspecified atom stereocenters. The normalized spacial score (nSPS) is 10.3. The van der Waals surface area contributed by atoms with E-state index in [-0.39, 0.29) is 11.4 Å². The maximum Gasteiger partial charge on any atom is 0.295 e. The molecule has 0 atom stereocenters.